The van der Waals surface area contributed by atoms with Gasteiger partial charge in [-0.05, 0) is 19.9 Å². The Kier molecular flexibility index (Phi) is 6.27. The molecule has 2 N–H and O–H groups in total. The Morgan fingerprint density at radius 3 is 1.60 bits per heavy atom. The van der Waals surface area contributed by atoms with E-state index >= 15 is 0 Å². The second-order valence-electron chi connectivity index (χ2n) is 5.88. The van der Waals surface area contributed by atoms with E-state index in [0.717, 1.165) is 6.07 Å². The molecule has 2 atom stereocenters. The summed E-state index contributed by atoms with van der Waals surface area (Å²) in [7, 11) is 0. The van der Waals surface area contributed by atoms with Gasteiger partial charge in [-0.3, -0.25) is 0 Å². The van der Waals surface area contributed by atoms with Crippen LogP contribution in [0, 0.1) is 0 Å². The fourth-order valence-corrected chi connectivity index (χ4v) is 1.79. The second kappa shape index (κ2) is 8.06. The van der Waals surface area contributed by atoms with Gasteiger partial charge in [-0.25, -0.2) is 9.97 Å². The fraction of sp³-hybridized carbons (Fsp3) is 0.500. The molecule has 2 aromatic rings. The van der Waals surface area contributed by atoms with E-state index in [9.17, 15) is 39.5 Å². The molecule has 0 unspecified atom stereocenters. The third-order valence-corrected chi connectivity index (χ3v) is 3.45. The van der Waals surface area contributed by atoms with Crippen molar-refractivity contribution in [3.05, 3.63) is 18.1 Å². The number of hydrogen-bond donors (Lipinski definition) is 2. The molecule has 166 valence electrons. The van der Waals surface area contributed by atoms with Gasteiger partial charge in [0.2, 0.25) is 17.7 Å². The molecule has 0 amide bonds. The molecule has 0 spiro atoms. The normalized spacial score (nSPS) is 14.9. The van der Waals surface area contributed by atoms with Crippen LogP contribution in [0.1, 0.15) is 19.7 Å². The molecule has 0 aliphatic carbocycles. The molecule has 0 fully saturated rings. The minimum Gasteiger partial charge on any atom is -0.343 e. The van der Waals surface area contributed by atoms with Crippen LogP contribution >= 0.6 is 0 Å². The van der Waals surface area contributed by atoms with Crippen molar-refractivity contribution in [3.63, 3.8) is 0 Å². The lowest BCUT2D eigenvalue weighted by molar-refractivity contribution is -0.145. The molecule has 0 saturated carbocycles. The summed E-state index contributed by atoms with van der Waals surface area (Å²) >= 11 is 0. The van der Waals surface area contributed by atoms with Crippen molar-refractivity contribution in [2.45, 2.75) is 44.5 Å². The lowest BCUT2D eigenvalue weighted by atomic mass is 10.3. The van der Waals surface area contributed by atoms with Crippen molar-refractivity contribution in [3.8, 4) is 11.5 Å². The fourth-order valence-electron chi connectivity index (χ4n) is 1.79. The highest BCUT2D eigenvalue weighted by Gasteiger charge is 2.38. The van der Waals surface area contributed by atoms with Gasteiger partial charge in [0, 0.05) is 6.20 Å². The molecule has 0 aliphatic heterocycles. The predicted octanol–water partition coefficient (Wildman–Crippen LogP) is 4.07. The van der Waals surface area contributed by atoms with Crippen molar-refractivity contribution in [1.82, 2.24) is 24.9 Å². The summed E-state index contributed by atoms with van der Waals surface area (Å²) in [5.41, 5.74) is -0.592. The highest BCUT2D eigenvalue weighted by molar-refractivity contribution is 5.53. The van der Waals surface area contributed by atoms with Gasteiger partial charge in [0.1, 0.15) is 17.8 Å². The minimum atomic E-state index is -4.96. The van der Waals surface area contributed by atoms with E-state index in [2.05, 4.69) is 24.9 Å². The van der Waals surface area contributed by atoms with E-state index in [0.29, 0.717) is 20.0 Å². The highest BCUT2D eigenvalue weighted by atomic mass is 19.4. The smallest absolute Gasteiger partial charge is 0.343 e. The number of aromatic nitrogens is 5. The molecule has 16 heteroatoms. The van der Waals surface area contributed by atoms with Crippen molar-refractivity contribution >= 4 is 11.9 Å². The summed E-state index contributed by atoms with van der Waals surface area (Å²) in [5, 5.41) is 3.63. The molecule has 2 aromatic heterocycles. The van der Waals surface area contributed by atoms with Crippen LogP contribution in [0.15, 0.2) is 12.3 Å². The highest BCUT2D eigenvalue weighted by Crippen LogP contribution is 2.28. The van der Waals surface area contributed by atoms with E-state index in [-0.39, 0.29) is 0 Å². The van der Waals surface area contributed by atoms with Gasteiger partial charge in [-0.1, -0.05) is 0 Å². The van der Waals surface area contributed by atoms with Gasteiger partial charge in [0.15, 0.2) is 5.82 Å². The summed E-state index contributed by atoms with van der Waals surface area (Å²) < 4.78 is 115. The topological polar surface area (TPSA) is 88.5 Å². The van der Waals surface area contributed by atoms with Gasteiger partial charge >= 0.3 is 18.5 Å². The van der Waals surface area contributed by atoms with Crippen molar-refractivity contribution in [2.24, 2.45) is 0 Å². The number of rotatable bonds is 5. The number of nitrogens with zero attached hydrogens (tertiary/aromatic N) is 5. The first-order valence-corrected chi connectivity index (χ1v) is 7.90. The van der Waals surface area contributed by atoms with Crippen LogP contribution in [0.25, 0.3) is 11.5 Å². The molecule has 0 saturated heterocycles. The standard InChI is InChI=1S/C14H12F9N7/c1-5(12(15,16)17)25-10-28-8(7-3-4-24-9(27-7)14(21,22)23)29-11(30-10)26-6(2)13(18,19)20/h3-6H,1-2H3,(H2,25,26,28,29,30)/t5-,6-/m0/s1. The van der Waals surface area contributed by atoms with Crippen molar-refractivity contribution in [1.29, 1.82) is 0 Å². The van der Waals surface area contributed by atoms with E-state index in [1.54, 1.807) is 0 Å². The molecule has 7 nitrogen and oxygen atoms in total. The third kappa shape index (κ3) is 6.03. The summed E-state index contributed by atoms with van der Waals surface area (Å²) in [6, 6.07) is -3.55. The Bertz CT molecular complexity index is 839. The predicted molar refractivity (Wildman–Crippen MR) is 84.1 cm³/mol. The average molecular weight is 449 g/mol. The quantitative estimate of drug-likeness (QED) is 0.666. The minimum absolute atomic E-state index is 0.592. The van der Waals surface area contributed by atoms with E-state index in [4.69, 9.17) is 0 Å². The maximum Gasteiger partial charge on any atom is 0.451 e. The van der Waals surface area contributed by atoms with Crippen LogP contribution in [0.3, 0.4) is 0 Å². The van der Waals surface area contributed by atoms with E-state index in [1.807, 2.05) is 10.6 Å². The van der Waals surface area contributed by atoms with Crippen LogP contribution < -0.4 is 10.6 Å². The van der Waals surface area contributed by atoms with Gasteiger partial charge < -0.3 is 10.6 Å². The second-order valence-corrected chi connectivity index (χ2v) is 5.88. The largest absolute Gasteiger partial charge is 0.451 e. The zero-order chi connectivity index (χ0) is 22.9. The van der Waals surface area contributed by atoms with Crippen LogP contribution in [-0.2, 0) is 6.18 Å². The van der Waals surface area contributed by atoms with Crippen LogP contribution in [-0.4, -0.2) is 49.4 Å². The Morgan fingerprint density at radius 1 is 0.733 bits per heavy atom. The average Bonchev–Trinajstić information content (AvgIpc) is 2.59. The SMILES string of the molecule is C[C@H](Nc1nc(N[C@@H](C)C(F)(F)F)nc(-c2ccnc(C(F)(F)F)n2)n1)C(F)(F)F. The Morgan fingerprint density at radius 2 is 1.20 bits per heavy atom. The lowest BCUT2D eigenvalue weighted by Crippen LogP contribution is -2.35. The summed E-state index contributed by atoms with van der Waals surface area (Å²) in [6.07, 6.45) is -13.8. The summed E-state index contributed by atoms with van der Waals surface area (Å²) in [4.78, 5) is 16.7. The number of halogens is 9. The molecule has 0 bridgehead atoms. The van der Waals surface area contributed by atoms with Gasteiger partial charge in [-0.15, -0.1) is 0 Å². The first-order valence-electron chi connectivity index (χ1n) is 7.90. The maximum absolute atomic E-state index is 12.8. The Balaban J connectivity index is 2.51. The zero-order valence-electron chi connectivity index (χ0n) is 14.9. The Hall–Kier alpha value is -2.94. The van der Waals surface area contributed by atoms with Crippen LogP contribution in [0.2, 0.25) is 0 Å². The van der Waals surface area contributed by atoms with Crippen LogP contribution in [0.5, 0.6) is 0 Å². The number of anilines is 2. The molecule has 2 rings (SSSR count). The van der Waals surface area contributed by atoms with E-state index in [1.165, 1.54) is 0 Å². The van der Waals surface area contributed by atoms with E-state index < -0.39 is 59.9 Å². The molecule has 0 radical (unpaired) electrons. The molecular weight excluding hydrogens is 437 g/mol. The molecule has 2 heterocycles. The number of nitrogens with one attached hydrogen (secondary N) is 2. The monoisotopic (exact) mass is 449 g/mol. The Labute approximate surface area is 162 Å². The van der Waals surface area contributed by atoms with Gasteiger partial charge in [0.25, 0.3) is 0 Å². The third-order valence-electron chi connectivity index (χ3n) is 3.45. The zero-order valence-corrected chi connectivity index (χ0v) is 14.9. The molecule has 0 aliphatic rings. The van der Waals surface area contributed by atoms with Gasteiger partial charge in [0.05, 0.1) is 0 Å². The van der Waals surface area contributed by atoms with Crippen molar-refractivity contribution in [2.75, 3.05) is 10.6 Å². The lowest BCUT2D eigenvalue weighted by Gasteiger charge is -2.20. The first-order chi connectivity index (χ1) is 13.6. The van der Waals surface area contributed by atoms with Gasteiger partial charge in [-0.2, -0.15) is 54.5 Å². The number of alkyl halides is 9. The van der Waals surface area contributed by atoms with Crippen molar-refractivity contribution < 1.29 is 39.5 Å². The summed E-state index contributed by atoms with van der Waals surface area (Å²) in [5.74, 6) is -3.95. The first kappa shape index (κ1) is 23.3. The summed E-state index contributed by atoms with van der Waals surface area (Å²) in [6.45, 7) is 1.36. The maximum atomic E-state index is 12.8. The number of hydrogen-bond acceptors (Lipinski definition) is 7. The molecule has 30 heavy (non-hydrogen) atoms. The van der Waals surface area contributed by atoms with Crippen LogP contribution in [0.4, 0.5) is 51.4 Å². The molecular formula is C14H12F9N7. The molecule has 0 aromatic carbocycles.